The predicted octanol–water partition coefficient (Wildman–Crippen LogP) is 2.45. The van der Waals surface area contributed by atoms with E-state index in [2.05, 4.69) is 37.4 Å². The summed E-state index contributed by atoms with van der Waals surface area (Å²) < 4.78 is 11.8. The first-order valence-corrected chi connectivity index (χ1v) is 6.68. The van der Waals surface area contributed by atoms with Gasteiger partial charge in [0.25, 0.3) is 0 Å². The maximum absolute atomic E-state index is 6.07. The molecule has 18 heavy (non-hydrogen) atoms. The lowest BCUT2D eigenvalue weighted by Crippen LogP contribution is -2.60. The largest absolute Gasteiger partial charge is 0.487 e. The number of benzene rings is 1. The zero-order chi connectivity index (χ0) is 13.1. The molecule has 0 aliphatic heterocycles. The fourth-order valence-corrected chi connectivity index (χ4v) is 2.49. The summed E-state index contributed by atoms with van der Waals surface area (Å²) in [5.74, 6) is 0.977. The lowest BCUT2D eigenvalue weighted by molar-refractivity contribution is -0.103. The van der Waals surface area contributed by atoms with Gasteiger partial charge in [0, 0.05) is 19.1 Å². The standard InChI is InChI=1S/C15H23NO2/c1-5-17-15-12(16-4)9-14(15)18-13-7-6-10(2)8-11(13)3/h6-8,12,14-16H,5,9H2,1-4H3. The van der Waals surface area contributed by atoms with Crippen LogP contribution in [0.3, 0.4) is 0 Å². The molecule has 0 aromatic heterocycles. The molecule has 0 radical (unpaired) electrons. The molecule has 1 aliphatic carbocycles. The normalized spacial score (nSPS) is 26.8. The summed E-state index contributed by atoms with van der Waals surface area (Å²) in [5, 5.41) is 3.27. The van der Waals surface area contributed by atoms with Crippen LogP contribution in [0.5, 0.6) is 5.75 Å². The number of ether oxygens (including phenoxy) is 2. The Morgan fingerprint density at radius 3 is 2.72 bits per heavy atom. The number of nitrogens with one attached hydrogen (secondary N) is 1. The molecule has 0 amide bonds. The minimum Gasteiger partial charge on any atom is -0.487 e. The Hall–Kier alpha value is -1.06. The van der Waals surface area contributed by atoms with Crippen LogP contribution < -0.4 is 10.1 Å². The van der Waals surface area contributed by atoms with Crippen molar-refractivity contribution in [2.75, 3.05) is 13.7 Å². The van der Waals surface area contributed by atoms with E-state index in [1.807, 2.05) is 14.0 Å². The monoisotopic (exact) mass is 249 g/mol. The van der Waals surface area contributed by atoms with E-state index in [-0.39, 0.29) is 12.2 Å². The van der Waals surface area contributed by atoms with Gasteiger partial charge in [-0.05, 0) is 39.4 Å². The van der Waals surface area contributed by atoms with E-state index < -0.39 is 0 Å². The average molecular weight is 249 g/mol. The molecule has 1 aromatic rings. The maximum Gasteiger partial charge on any atom is 0.128 e. The minimum absolute atomic E-state index is 0.167. The van der Waals surface area contributed by atoms with E-state index in [0.717, 1.165) is 18.8 Å². The summed E-state index contributed by atoms with van der Waals surface area (Å²) >= 11 is 0. The van der Waals surface area contributed by atoms with Gasteiger partial charge in [0.05, 0.1) is 0 Å². The van der Waals surface area contributed by atoms with Crippen molar-refractivity contribution in [3.05, 3.63) is 29.3 Å². The van der Waals surface area contributed by atoms with Crippen molar-refractivity contribution in [1.29, 1.82) is 0 Å². The van der Waals surface area contributed by atoms with Gasteiger partial charge in [0.15, 0.2) is 0 Å². The molecule has 0 saturated heterocycles. The van der Waals surface area contributed by atoms with Crippen LogP contribution in [0, 0.1) is 13.8 Å². The quantitative estimate of drug-likeness (QED) is 0.869. The van der Waals surface area contributed by atoms with E-state index in [1.54, 1.807) is 0 Å². The molecular weight excluding hydrogens is 226 g/mol. The van der Waals surface area contributed by atoms with Gasteiger partial charge < -0.3 is 14.8 Å². The molecule has 3 heteroatoms. The van der Waals surface area contributed by atoms with Crippen molar-refractivity contribution in [3.63, 3.8) is 0 Å². The minimum atomic E-state index is 0.167. The zero-order valence-corrected chi connectivity index (χ0v) is 11.7. The third-order valence-corrected chi connectivity index (χ3v) is 3.59. The fraction of sp³-hybridized carbons (Fsp3) is 0.600. The first kappa shape index (κ1) is 13.4. The highest BCUT2D eigenvalue weighted by molar-refractivity contribution is 5.36. The molecule has 0 bridgehead atoms. The Morgan fingerprint density at radius 1 is 1.33 bits per heavy atom. The second-order valence-corrected chi connectivity index (χ2v) is 4.98. The Balaban J connectivity index is 2.01. The molecular formula is C15H23NO2. The second kappa shape index (κ2) is 5.72. The molecule has 3 atom stereocenters. The van der Waals surface area contributed by atoms with Crippen molar-refractivity contribution in [3.8, 4) is 5.75 Å². The van der Waals surface area contributed by atoms with Crippen LogP contribution in [0.2, 0.25) is 0 Å². The van der Waals surface area contributed by atoms with Gasteiger partial charge in [-0.25, -0.2) is 0 Å². The second-order valence-electron chi connectivity index (χ2n) is 4.98. The Labute approximate surface area is 109 Å². The lowest BCUT2D eigenvalue weighted by atomic mass is 9.85. The molecule has 0 spiro atoms. The molecule has 1 aromatic carbocycles. The van der Waals surface area contributed by atoms with E-state index in [4.69, 9.17) is 9.47 Å². The van der Waals surface area contributed by atoms with Crippen molar-refractivity contribution in [1.82, 2.24) is 5.32 Å². The van der Waals surface area contributed by atoms with E-state index in [9.17, 15) is 0 Å². The van der Waals surface area contributed by atoms with Crippen LogP contribution in [-0.2, 0) is 4.74 Å². The van der Waals surface area contributed by atoms with Crippen LogP contribution in [0.4, 0.5) is 0 Å². The average Bonchev–Trinajstić information content (AvgIpc) is 2.33. The number of likely N-dealkylation sites (N-methyl/N-ethyl adjacent to an activating group) is 1. The molecule has 3 unspecified atom stereocenters. The molecule has 1 N–H and O–H groups in total. The number of aryl methyl sites for hydroxylation is 2. The van der Waals surface area contributed by atoms with Crippen molar-refractivity contribution >= 4 is 0 Å². The van der Waals surface area contributed by atoms with Crippen LogP contribution in [0.15, 0.2) is 18.2 Å². The van der Waals surface area contributed by atoms with Gasteiger partial charge in [-0.1, -0.05) is 17.7 Å². The summed E-state index contributed by atoms with van der Waals surface area (Å²) in [6.07, 6.45) is 1.35. The van der Waals surface area contributed by atoms with E-state index in [0.29, 0.717) is 6.04 Å². The lowest BCUT2D eigenvalue weighted by Gasteiger charge is -2.43. The number of hydrogen-bond acceptors (Lipinski definition) is 3. The zero-order valence-electron chi connectivity index (χ0n) is 11.7. The van der Waals surface area contributed by atoms with Crippen molar-refractivity contribution in [2.45, 2.75) is 45.4 Å². The van der Waals surface area contributed by atoms with Crippen LogP contribution in [0.25, 0.3) is 0 Å². The van der Waals surface area contributed by atoms with Gasteiger partial charge >= 0.3 is 0 Å². The van der Waals surface area contributed by atoms with Crippen molar-refractivity contribution in [2.24, 2.45) is 0 Å². The molecule has 1 saturated carbocycles. The number of hydrogen-bond donors (Lipinski definition) is 1. The van der Waals surface area contributed by atoms with Crippen LogP contribution in [0.1, 0.15) is 24.5 Å². The fourth-order valence-electron chi connectivity index (χ4n) is 2.49. The van der Waals surface area contributed by atoms with Crippen molar-refractivity contribution < 1.29 is 9.47 Å². The molecule has 100 valence electrons. The maximum atomic E-state index is 6.07. The van der Waals surface area contributed by atoms with Gasteiger partial charge in [0.1, 0.15) is 18.0 Å². The Bertz CT molecular complexity index is 405. The molecule has 1 fully saturated rings. The SMILES string of the molecule is CCOC1C(NC)CC1Oc1ccc(C)cc1C. The molecule has 3 nitrogen and oxygen atoms in total. The third kappa shape index (κ3) is 2.68. The number of rotatable bonds is 5. The van der Waals surface area contributed by atoms with Gasteiger partial charge in [-0.3, -0.25) is 0 Å². The van der Waals surface area contributed by atoms with Gasteiger partial charge in [0.2, 0.25) is 0 Å². The summed E-state index contributed by atoms with van der Waals surface area (Å²) in [4.78, 5) is 0. The third-order valence-electron chi connectivity index (χ3n) is 3.59. The van der Waals surface area contributed by atoms with Gasteiger partial charge in [-0.15, -0.1) is 0 Å². The van der Waals surface area contributed by atoms with Crippen LogP contribution in [-0.4, -0.2) is 31.9 Å². The predicted molar refractivity (Wildman–Crippen MR) is 73.2 cm³/mol. The first-order chi connectivity index (χ1) is 8.65. The first-order valence-electron chi connectivity index (χ1n) is 6.68. The van der Waals surface area contributed by atoms with E-state index in [1.165, 1.54) is 11.1 Å². The Kier molecular flexibility index (Phi) is 4.25. The highest BCUT2D eigenvalue weighted by Crippen LogP contribution is 2.30. The summed E-state index contributed by atoms with van der Waals surface area (Å²) in [6, 6.07) is 6.71. The summed E-state index contributed by atoms with van der Waals surface area (Å²) in [5.41, 5.74) is 2.46. The smallest absolute Gasteiger partial charge is 0.128 e. The highest BCUT2D eigenvalue weighted by Gasteiger charge is 2.42. The summed E-state index contributed by atoms with van der Waals surface area (Å²) in [7, 11) is 1.98. The molecule has 2 rings (SSSR count). The molecule has 1 aliphatic rings. The highest BCUT2D eigenvalue weighted by atomic mass is 16.5. The van der Waals surface area contributed by atoms with Gasteiger partial charge in [-0.2, -0.15) is 0 Å². The Morgan fingerprint density at radius 2 is 2.11 bits per heavy atom. The summed E-state index contributed by atoms with van der Waals surface area (Å²) in [6.45, 7) is 6.95. The topological polar surface area (TPSA) is 30.5 Å². The van der Waals surface area contributed by atoms with Crippen LogP contribution >= 0.6 is 0 Å². The van der Waals surface area contributed by atoms with E-state index >= 15 is 0 Å². The molecule has 0 heterocycles.